The summed E-state index contributed by atoms with van der Waals surface area (Å²) < 4.78 is 26.9. The molecule has 0 spiro atoms. The van der Waals surface area contributed by atoms with Crippen molar-refractivity contribution in [1.82, 2.24) is 10.6 Å². The van der Waals surface area contributed by atoms with E-state index in [2.05, 4.69) is 29.5 Å². The van der Waals surface area contributed by atoms with Crippen LogP contribution in [0, 0.1) is 17.0 Å². The van der Waals surface area contributed by atoms with Gasteiger partial charge in [-0.2, -0.15) is 0 Å². The number of hydrogen-bond donors (Lipinski definition) is 3. The van der Waals surface area contributed by atoms with Gasteiger partial charge in [0.2, 0.25) is 0 Å². The summed E-state index contributed by atoms with van der Waals surface area (Å²) in [5.41, 5.74) is 0.339. The van der Waals surface area contributed by atoms with Crippen LogP contribution in [0.4, 0.5) is 8.78 Å². The normalized spacial score (nSPS) is 11.8. The third kappa shape index (κ3) is 7.73. The SMILES string of the molecule is CCNC(=NCC(CC)(CC)CCO)NCCc1cccc(F)c1F.I. The zero-order chi connectivity index (χ0) is 18.7. The highest BCUT2D eigenvalue weighted by molar-refractivity contribution is 14.0. The number of hydrogen-bond acceptors (Lipinski definition) is 2. The topological polar surface area (TPSA) is 56.7 Å². The molecule has 26 heavy (non-hydrogen) atoms. The Morgan fingerprint density at radius 2 is 1.85 bits per heavy atom. The fourth-order valence-electron chi connectivity index (χ4n) is 2.79. The van der Waals surface area contributed by atoms with Crippen LogP contribution in [-0.2, 0) is 6.42 Å². The van der Waals surface area contributed by atoms with Gasteiger partial charge < -0.3 is 15.7 Å². The van der Waals surface area contributed by atoms with Crippen LogP contribution >= 0.6 is 24.0 Å². The van der Waals surface area contributed by atoms with E-state index in [4.69, 9.17) is 0 Å². The first-order valence-electron chi connectivity index (χ1n) is 9.07. The molecule has 7 heteroatoms. The summed E-state index contributed by atoms with van der Waals surface area (Å²) in [6.45, 7) is 8.14. The Morgan fingerprint density at radius 3 is 2.42 bits per heavy atom. The van der Waals surface area contributed by atoms with Gasteiger partial charge in [-0.05, 0) is 49.7 Å². The summed E-state index contributed by atoms with van der Waals surface area (Å²) in [6.07, 6.45) is 2.98. The summed E-state index contributed by atoms with van der Waals surface area (Å²) in [4.78, 5) is 4.63. The number of aliphatic hydroxyl groups is 1. The molecule has 0 saturated heterocycles. The van der Waals surface area contributed by atoms with Gasteiger partial charge in [0.15, 0.2) is 17.6 Å². The van der Waals surface area contributed by atoms with Gasteiger partial charge in [0.1, 0.15) is 0 Å². The van der Waals surface area contributed by atoms with Crippen molar-refractivity contribution in [2.45, 2.75) is 46.5 Å². The summed E-state index contributed by atoms with van der Waals surface area (Å²) in [5.74, 6) is -0.952. The van der Waals surface area contributed by atoms with Gasteiger partial charge in [-0.15, -0.1) is 24.0 Å². The molecule has 3 N–H and O–H groups in total. The molecular weight excluding hydrogens is 451 g/mol. The Bertz CT molecular complexity index is 552. The maximum atomic E-state index is 13.7. The van der Waals surface area contributed by atoms with E-state index in [1.807, 2.05) is 6.92 Å². The molecule has 0 fully saturated rings. The molecule has 150 valence electrons. The third-order valence-corrected chi connectivity index (χ3v) is 4.78. The second kappa shape index (κ2) is 13.2. The van der Waals surface area contributed by atoms with Crippen LogP contribution in [0.3, 0.4) is 0 Å². The van der Waals surface area contributed by atoms with Crippen LogP contribution in [0.2, 0.25) is 0 Å². The van der Waals surface area contributed by atoms with E-state index in [1.54, 1.807) is 6.07 Å². The van der Waals surface area contributed by atoms with Crippen molar-refractivity contribution >= 4 is 29.9 Å². The summed E-state index contributed by atoms with van der Waals surface area (Å²) >= 11 is 0. The van der Waals surface area contributed by atoms with E-state index in [1.165, 1.54) is 6.07 Å². The smallest absolute Gasteiger partial charge is 0.191 e. The van der Waals surface area contributed by atoms with Crippen LogP contribution in [0.25, 0.3) is 0 Å². The molecule has 0 aliphatic rings. The highest BCUT2D eigenvalue weighted by Gasteiger charge is 2.25. The first-order valence-corrected chi connectivity index (χ1v) is 9.07. The number of rotatable bonds is 10. The van der Waals surface area contributed by atoms with Crippen molar-refractivity contribution in [2.24, 2.45) is 10.4 Å². The Kier molecular flexibility index (Phi) is 12.8. The Labute approximate surface area is 172 Å². The molecule has 0 bridgehead atoms. The Balaban J connectivity index is 0.00000625. The summed E-state index contributed by atoms with van der Waals surface area (Å²) in [7, 11) is 0. The summed E-state index contributed by atoms with van der Waals surface area (Å²) in [5, 5.41) is 15.6. The molecule has 0 saturated carbocycles. The molecule has 4 nitrogen and oxygen atoms in total. The molecule has 0 unspecified atom stereocenters. The maximum Gasteiger partial charge on any atom is 0.191 e. The molecule has 0 aliphatic heterocycles. The minimum atomic E-state index is -0.822. The summed E-state index contributed by atoms with van der Waals surface area (Å²) in [6, 6.07) is 4.22. The lowest BCUT2D eigenvalue weighted by Gasteiger charge is -2.29. The largest absolute Gasteiger partial charge is 0.396 e. The molecule has 0 atom stereocenters. The van der Waals surface area contributed by atoms with Gasteiger partial charge in [-0.3, -0.25) is 4.99 Å². The van der Waals surface area contributed by atoms with Gasteiger partial charge in [0, 0.05) is 26.2 Å². The number of aliphatic hydroxyl groups excluding tert-OH is 1. The van der Waals surface area contributed by atoms with E-state index in [-0.39, 0.29) is 36.0 Å². The van der Waals surface area contributed by atoms with Crippen molar-refractivity contribution in [3.8, 4) is 0 Å². The van der Waals surface area contributed by atoms with E-state index in [9.17, 15) is 13.9 Å². The molecule has 0 radical (unpaired) electrons. The van der Waals surface area contributed by atoms with Crippen molar-refractivity contribution in [1.29, 1.82) is 0 Å². The highest BCUT2D eigenvalue weighted by atomic mass is 127. The van der Waals surface area contributed by atoms with Crippen LogP contribution in [0.5, 0.6) is 0 Å². The van der Waals surface area contributed by atoms with Crippen molar-refractivity contribution in [3.05, 3.63) is 35.4 Å². The van der Waals surface area contributed by atoms with Crippen molar-refractivity contribution < 1.29 is 13.9 Å². The van der Waals surface area contributed by atoms with Gasteiger partial charge in [0.25, 0.3) is 0 Å². The Hall–Kier alpha value is -0.960. The highest BCUT2D eigenvalue weighted by Crippen LogP contribution is 2.30. The molecule has 1 rings (SSSR count). The number of nitrogens with one attached hydrogen (secondary N) is 2. The number of guanidine groups is 1. The van der Waals surface area contributed by atoms with Crippen LogP contribution in [-0.4, -0.2) is 37.3 Å². The number of halogens is 3. The van der Waals surface area contributed by atoms with E-state index in [0.29, 0.717) is 37.6 Å². The molecular formula is C19H32F2IN3O. The fraction of sp³-hybridized carbons (Fsp3) is 0.632. The minimum Gasteiger partial charge on any atom is -0.396 e. The van der Waals surface area contributed by atoms with E-state index >= 15 is 0 Å². The van der Waals surface area contributed by atoms with Gasteiger partial charge in [0.05, 0.1) is 0 Å². The second-order valence-electron chi connectivity index (χ2n) is 6.27. The predicted octanol–water partition coefficient (Wildman–Crippen LogP) is 3.87. The predicted molar refractivity (Wildman–Crippen MR) is 114 cm³/mol. The van der Waals surface area contributed by atoms with Crippen LogP contribution < -0.4 is 10.6 Å². The second-order valence-corrected chi connectivity index (χ2v) is 6.27. The molecule has 1 aromatic carbocycles. The monoisotopic (exact) mass is 483 g/mol. The molecule has 0 amide bonds. The number of nitrogens with zero attached hydrogens (tertiary/aromatic N) is 1. The zero-order valence-corrected chi connectivity index (χ0v) is 18.3. The van der Waals surface area contributed by atoms with Gasteiger partial charge in [-0.25, -0.2) is 8.78 Å². The average molecular weight is 483 g/mol. The van der Waals surface area contributed by atoms with Crippen LogP contribution in [0.1, 0.15) is 45.6 Å². The van der Waals surface area contributed by atoms with Crippen molar-refractivity contribution in [3.63, 3.8) is 0 Å². The minimum absolute atomic E-state index is 0. The van der Waals surface area contributed by atoms with E-state index < -0.39 is 11.6 Å². The number of benzene rings is 1. The lowest BCUT2D eigenvalue weighted by molar-refractivity contribution is 0.175. The first-order chi connectivity index (χ1) is 12.0. The van der Waals surface area contributed by atoms with Gasteiger partial charge >= 0.3 is 0 Å². The standard InChI is InChI=1S/C19H31F2N3O.HI/c1-4-19(5-2,11-13-25)14-24-18(22-6-3)23-12-10-15-8-7-9-16(20)17(15)21;/h7-9,25H,4-6,10-14H2,1-3H3,(H2,22,23,24);1H. The fourth-order valence-corrected chi connectivity index (χ4v) is 2.79. The lowest BCUT2D eigenvalue weighted by Crippen LogP contribution is -2.39. The van der Waals surface area contributed by atoms with Crippen LogP contribution in [0.15, 0.2) is 23.2 Å². The zero-order valence-electron chi connectivity index (χ0n) is 15.9. The maximum absolute atomic E-state index is 13.7. The molecule has 0 heterocycles. The van der Waals surface area contributed by atoms with E-state index in [0.717, 1.165) is 25.3 Å². The number of aliphatic imine (C=N–C) groups is 1. The Morgan fingerprint density at radius 1 is 1.15 bits per heavy atom. The third-order valence-electron chi connectivity index (χ3n) is 4.78. The first kappa shape index (κ1) is 25.0. The lowest BCUT2D eigenvalue weighted by atomic mass is 9.79. The molecule has 0 aromatic heterocycles. The molecule has 1 aromatic rings. The van der Waals surface area contributed by atoms with Gasteiger partial charge in [-0.1, -0.05) is 26.0 Å². The quantitative estimate of drug-likeness (QED) is 0.269. The molecule has 0 aliphatic carbocycles. The van der Waals surface area contributed by atoms with Crippen molar-refractivity contribution in [2.75, 3.05) is 26.2 Å². The average Bonchev–Trinajstić information content (AvgIpc) is 2.62.